The van der Waals surface area contributed by atoms with Crippen molar-refractivity contribution in [2.24, 2.45) is 0 Å². The van der Waals surface area contributed by atoms with Crippen LogP contribution in [0.1, 0.15) is 30.2 Å². The number of hydrogen-bond donors (Lipinski definition) is 1. The lowest BCUT2D eigenvalue weighted by molar-refractivity contribution is 0.637. The SMILES string of the molecule is CCCc1c(C)[nH]c2c(F)ccc(C)c12. The fraction of sp³-hybridized carbons (Fsp3) is 0.385. The highest BCUT2D eigenvalue weighted by Gasteiger charge is 2.12. The zero-order chi connectivity index (χ0) is 11.0. The van der Waals surface area contributed by atoms with Gasteiger partial charge in [0.25, 0.3) is 0 Å². The molecule has 80 valence electrons. The van der Waals surface area contributed by atoms with Crippen LogP contribution in [0.25, 0.3) is 10.9 Å². The van der Waals surface area contributed by atoms with Crippen molar-refractivity contribution in [2.75, 3.05) is 0 Å². The molecule has 1 nitrogen and oxygen atoms in total. The predicted molar refractivity (Wildman–Crippen MR) is 61.7 cm³/mol. The van der Waals surface area contributed by atoms with Crippen LogP contribution >= 0.6 is 0 Å². The number of nitrogens with one attached hydrogen (secondary N) is 1. The third-order valence-corrected chi connectivity index (χ3v) is 2.93. The molecule has 0 aliphatic rings. The van der Waals surface area contributed by atoms with Crippen LogP contribution in [0, 0.1) is 19.7 Å². The van der Waals surface area contributed by atoms with E-state index in [2.05, 4.69) is 11.9 Å². The smallest absolute Gasteiger partial charge is 0.147 e. The van der Waals surface area contributed by atoms with Gasteiger partial charge in [-0.15, -0.1) is 0 Å². The first-order valence-corrected chi connectivity index (χ1v) is 5.41. The van der Waals surface area contributed by atoms with Gasteiger partial charge in [0.2, 0.25) is 0 Å². The Bertz CT molecular complexity index is 497. The van der Waals surface area contributed by atoms with E-state index in [4.69, 9.17) is 0 Å². The minimum absolute atomic E-state index is 0.152. The third kappa shape index (κ3) is 1.54. The van der Waals surface area contributed by atoms with Crippen LogP contribution in [0.5, 0.6) is 0 Å². The topological polar surface area (TPSA) is 15.8 Å². The van der Waals surface area contributed by atoms with Gasteiger partial charge in [0.1, 0.15) is 5.82 Å². The number of halogens is 1. The molecule has 0 saturated heterocycles. The van der Waals surface area contributed by atoms with Gasteiger partial charge in [0.15, 0.2) is 0 Å². The normalized spacial score (nSPS) is 11.2. The molecule has 1 N–H and O–H groups in total. The van der Waals surface area contributed by atoms with E-state index in [1.54, 1.807) is 0 Å². The van der Waals surface area contributed by atoms with Crippen LogP contribution in [0.2, 0.25) is 0 Å². The molecular formula is C13H16FN. The Kier molecular flexibility index (Phi) is 2.51. The molecule has 0 fully saturated rings. The number of hydrogen-bond acceptors (Lipinski definition) is 0. The van der Waals surface area contributed by atoms with Crippen molar-refractivity contribution >= 4 is 10.9 Å². The molecule has 0 atom stereocenters. The van der Waals surface area contributed by atoms with Gasteiger partial charge >= 0.3 is 0 Å². The summed E-state index contributed by atoms with van der Waals surface area (Å²) in [7, 11) is 0. The van der Waals surface area contributed by atoms with Crippen LogP contribution in [0.15, 0.2) is 12.1 Å². The lowest BCUT2D eigenvalue weighted by Gasteiger charge is -2.01. The molecule has 1 heterocycles. The highest BCUT2D eigenvalue weighted by Crippen LogP contribution is 2.28. The van der Waals surface area contributed by atoms with Crippen LogP contribution in [-0.2, 0) is 6.42 Å². The minimum atomic E-state index is -0.152. The van der Waals surface area contributed by atoms with Crippen molar-refractivity contribution in [2.45, 2.75) is 33.6 Å². The van der Waals surface area contributed by atoms with Crippen LogP contribution < -0.4 is 0 Å². The largest absolute Gasteiger partial charge is 0.356 e. The lowest BCUT2D eigenvalue weighted by Crippen LogP contribution is -1.86. The molecule has 0 saturated carbocycles. The van der Waals surface area contributed by atoms with Gasteiger partial charge in [-0.1, -0.05) is 19.4 Å². The average Bonchev–Trinajstić information content (AvgIpc) is 2.53. The zero-order valence-corrected chi connectivity index (χ0v) is 9.45. The first kappa shape index (κ1) is 10.2. The number of fused-ring (bicyclic) bond motifs is 1. The van der Waals surface area contributed by atoms with E-state index in [0.717, 1.165) is 29.5 Å². The summed E-state index contributed by atoms with van der Waals surface area (Å²) in [6.45, 7) is 6.20. The Labute approximate surface area is 89.3 Å². The molecule has 2 rings (SSSR count). The van der Waals surface area contributed by atoms with E-state index >= 15 is 0 Å². The minimum Gasteiger partial charge on any atom is -0.356 e. The Hall–Kier alpha value is -1.31. The molecule has 2 aromatic rings. The third-order valence-electron chi connectivity index (χ3n) is 2.93. The Morgan fingerprint density at radius 2 is 2.00 bits per heavy atom. The van der Waals surface area contributed by atoms with E-state index in [1.807, 2.05) is 19.9 Å². The van der Waals surface area contributed by atoms with Gasteiger partial charge in [-0.3, -0.25) is 0 Å². The second kappa shape index (κ2) is 3.69. The summed E-state index contributed by atoms with van der Waals surface area (Å²) in [5.41, 5.74) is 4.18. The van der Waals surface area contributed by atoms with E-state index in [0.29, 0.717) is 5.52 Å². The number of aromatic nitrogens is 1. The van der Waals surface area contributed by atoms with Crippen molar-refractivity contribution in [1.29, 1.82) is 0 Å². The molecule has 0 bridgehead atoms. The molecule has 15 heavy (non-hydrogen) atoms. The van der Waals surface area contributed by atoms with Gasteiger partial charge in [0, 0.05) is 11.1 Å². The van der Waals surface area contributed by atoms with E-state index in [1.165, 1.54) is 11.6 Å². The van der Waals surface area contributed by atoms with Crippen LogP contribution in [0.3, 0.4) is 0 Å². The molecule has 2 heteroatoms. The second-order valence-electron chi connectivity index (χ2n) is 4.09. The van der Waals surface area contributed by atoms with Crippen molar-refractivity contribution in [3.63, 3.8) is 0 Å². The lowest BCUT2D eigenvalue weighted by atomic mass is 10.0. The summed E-state index contributed by atoms with van der Waals surface area (Å²) in [5.74, 6) is -0.152. The van der Waals surface area contributed by atoms with Crippen molar-refractivity contribution in [1.82, 2.24) is 4.98 Å². The Balaban J connectivity index is 2.79. The number of rotatable bonds is 2. The highest BCUT2D eigenvalue weighted by atomic mass is 19.1. The first-order chi connectivity index (χ1) is 7.15. The van der Waals surface area contributed by atoms with Crippen molar-refractivity contribution in [3.8, 4) is 0 Å². The molecule has 0 aliphatic carbocycles. The number of H-pyrrole nitrogens is 1. The molecular weight excluding hydrogens is 189 g/mol. The highest BCUT2D eigenvalue weighted by molar-refractivity contribution is 5.88. The van der Waals surface area contributed by atoms with Gasteiger partial charge < -0.3 is 4.98 Å². The molecule has 0 radical (unpaired) electrons. The number of aromatic amines is 1. The number of aryl methyl sites for hydroxylation is 3. The zero-order valence-electron chi connectivity index (χ0n) is 9.45. The predicted octanol–water partition coefficient (Wildman–Crippen LogP) is 3.88. The van der Waals surface area contributed by atoms with E-state index < -0.39 is 0 Å². The summed E-state index contributed by atoms with van der Waals surface area (Å²) >= 11 is 0. The second-order valence-corrected chi connectivity index (χ2v) is 4.09. The fourth-order valence-corrected chi connectivity index (χ4v) is 2.21. The van der Waals surface area contributed by atoms with Crippen LogP contribution in [-0.4, -0.2) is 4.98 Å². The standard InChI is InChI=1S/C13H16FN/c1-4-5-10-9(3)15-13-11(14)7-6-8(2)12(10)13/h6-7,15H,4-5H2,1-3H3. The summed E-state index contributed by atoms with van der Waals surface area (Å²) < 4.78 is 13.6. The van der Waals surface area contributed by atoms with Gasteiger partial charge in [-0.2, -0.15) is 0 Å². The maximum Gasteiger partial charge on any atom is 0.147 e. The fourth-order valence-electron chi connectivity index (χ4n) is 2.21. The molecule has 1 aromatic heterocycles. The van der Waals surface area contributed by atoms with Crippen molar-refractivity contribution in [3.05, 3.63) is 34.8 Å². The van der Waals surface area contributed by atoms with Gasteiger partial charge in [0.05, 0.1) is 5.52 Å². The Morgan fingerprint density at radius 1 is 1.27 bits per heavy atom. The molecule has 0 amide bonds. The summed E-state index contributed by atoms with van der Waals surface area (Å²) in [6.07, 6.45) is 2.10. The maximum atomic E-state index is 13.6. The summed E-state index contributed by atoms with van der Waals surface area (Å²) in [4.78, 5) is 3.15. The molecule has 0 spiro atoms. The van der Waals surface area contributed by atoms with E-state index in [9.17, 15) is 4.39 Å². The first-order valence-electron chi connectivity index (χ1n) is 5.41. The monoisotopic (exact) mass is 205 g/mol. The number of benzene rings is 1. The Morgan fingerprint density at radius 3 is 2.67 bits per heavy atom. The summed E-state index contributed by atoms with van der Waals surface area (Å²) in [5, 5.41) is 1.08. The van der Waals surface area contributed by atoms with E-state index in [-0.39, 0.29) is 5.82 Å². The van der Waals surface area contributed by atoms with Gasteiger partial charge in [-0.25, -0.2) is 4.39 Å². The van der Waals surface area contributed by atoms with Crippen molar-refractivity contribution < 1.29 is 4.39 Å². The molecule has 0 aliphatic heterocycles. The van der Waals surface area contributed by atoms with Crippen LogP contribution in [0.4, 0.5) is 4.39 Å². The molecule has 0 unspecified atom stereocenters. The molecule has 1 aromatic carbocycles. The average molecular weight is 205 g/mol. The summed E-state index contributed by atoms with van der Waals surface area (Å²) in [6, 6.07) is 3.38. The van der Waals surface area contributed by atoms with Gasteiger partial charge in [-0.05, 0) is 37.5 Å². The quantitative estimate of drug-likeness (QED) is 0.765. The maximum absolute atomic E-state index is 13.6.